The number of rotatable bonds is 4. The number of halogens is 1. The number of hydrogen-bond donors (Lipinski definition) is 1. The summed E-state index contributed by atoms with van der Waals surface area (Å²) in [4.78, 5) is 4.28. The van der Waals surface area contributed by atoms with Crippen LogP contribution in [0, 0.1) is 5.92 Å². The van der Waals surface area contributed by atoms with Gasteiger partial charge < -0.3 is 14.9 Å². The molecular weight excluding hydrogens is 248 g/mol. The van der Waals surface area contributed by atoms with Crippen molar-refractivity contribution < 1.29 is 0 Å². The maximum absolute atomic E-state index is 6.12. The first-order valence-corrected chi connectivity index (χ1v) is 6.44. The van der Waals surface area contributed by atoms with Gasteiger partial charge in [0.2, 0.25) is 0 Å². The molecule has 2 rings (SSSR count). The molecule has 0 aliphatic carbocycles. The van der Waals surface area contributed by atoms with Crippen LogP contribution in [-0.4, -0.2) is 14.1 Å². The van der Waals surface area contributed by atoms with E-state index in [2.05, 4.69) is 35.7 Å². The maximum Gasteiger partial charge on any atom is 0.129 e. The van der Waals surface area contributed by atoms with Gasteiger partial charge in [0.25, 0.3) is 0 Å². The van der Waals surface area contributed by atoms with Crippen LogP contribution in [0.1, 0.15) is 31.3 Å². The molecule has 2 aromatic heterocycles. The first-order chi connectivity index (χ1) is 8.49. The predicted octanol–water partition coefficient (Wildman–Crippen LogP) is 2.58. The maximum atomic E-state index is 6.12. The van der Waals surface area contributed by atoms with E-state index < -0.39 is 0 Å². The van der Waals surface area contributed by atoms with E-state index in [1.807, 2.05) is 17.8 Å². The van der Waals surface area contributed by atoms with Gasteiger partial charge in [-0.15, -0.1) is 0 Å². The molecule has 98 valence electrons. The van der Waals surface area contributed by atoms with Crippen LogP contribution in [0.2, 0.25) is 5.15 Å². The highest BCUT2D eigenvalue weighted by molar-refractivity contribution is 6.29. The summed E-state index contributed by atoms with van der Waals surface area (Å²) in [5, 5.41) is 0.649. The van der Waals surface area contributed by atoms with E-state index >= 15 is 0 Å². The fourth-order valence-electron chi connectivity index (χ4n) is 1.87. The lowest BCUT2D eigenvalue weighted by atomic mass is 10.00. The highest BCUT2D eigenvalue weighted by atomic mass is 35.5. The zero-order valence-electron chi connectivity index (χ0n) is 11.0. The molecule has 0 saturated heterocycles. The highest BCUT2D eigenvalue weighted by Gasteiger charge is 2.12. The van der Waals surface area contributed by atoms with Crippen LogP contribution in [0.3, 0.4) is 0 Å². The van der Waals surface area contributed by atoms with E-state index in [0.29, 0.717) is 17.6 Å². The van der Waals surface area contributed by atoms with Gasteiger partial charge in [0.1, 0.15) is 11.0 Å². The minimum atomic E-state index is 0.0798. The molecule has 1 atom stereocenters. The number of hydrogen-bond acceptors (Lipinski definition) is 2. The molecule has 18 heavy (non-hydrogen) atoms. The summed E-state index contributed by atoms with van der Waals surface area (Å²) in [6.45, 7) is 4.95. The molecule has 0 radical (unpaired) electrons. The Hall–Kier alpha value is -1.26. The van der Waals surface area contributed by atoms with E-state index in [-0.39, 0.29) is 6.04 Å². The molecular formula is C13H19ClN4. The van der Waals surface area contributed by atoms with E-state index in [1.54, 1.807) is 6.20 Å². The molecule has 0 amide bonds. The van der Waals surface area contributed by atoms with Crippen LogP contribution in [0.15, 0.2) is 24.7 Å². The van der Waals surface area contributed by atoms with Gasteiger partial charge in [-0.05, 0) is 17.5 Å². The molecule has 2 aromatic rings. The van der Waals surface area contributed by atoms with Crippen molar-refractivity contribution in [1.82, 2.24) is 14.1 Å². The molecule has 0 fully saturated rings. The van der Waals surface area contributed by atoms with Crippen LogP contribution in [0.25, 0.3) is 0 Å². The van der Waals surface area contributed by atoms with Crippen LogP contribution in [0.5, 0.6) is 0 Å². The Kier molecular flexibility index (Phi) is 3.78. The van der Waals surface area contributed by atoms with Gasteiger partial charge in [0.05, 0.1) is 12.7 Å². The summed E-state index contributed by atoms with van der Waals surface area (Å²) < 4.78 is 3.96. The quantitative estimate of drug-likeness (QED) is 0.925. The normalized spacial score (nSPS) is 13.2. The van der Waals surface area contributed by atoms with Crippen molar-refractivity contribution in [3.8, 4) is 0 Å². The van der Waals surface area contributed by atoms with Crippen molar-refractivity contribution in [3.63, 3.8) is 0 Å². The number of nitrogens with zero attached hydrogens (tertiary/aromatic N) is 3. The van der Waals surface area contributed by atoms with E-state index in [1.165, 1.54) is 0 Å². The first kappa shape index (κ1) is 13.2. The zero-order chi connectivity index (χ0) is 13.3. The zero-order valence-corrected chi connectivity index (χ0v) is 11.7. The molecule has 0 aromatic carbocycles. The van der Waals surface area contributed by atoms with Gasteiger partial charge in [-0.2, -0.15) is 0 Å². The topological polar surface area (TPSA) is 48.8 Å². The summed E-state index contributed by atoms with van der Waals surface area (Å²) in [5.41, 5.74) is 7.28. The molecule has 0 aliphatic heterocycles. The Bertz CT molecular complexity index is 527. The first-order valence-electron chi connectivity index (χ1n) is 6.06. The second kappa shape index (κ2) is 5.16. The Morgan fingerprint density at radius 3 is 2.72 bits per heavy atom. The molecule has 0 bridgehead atoms. The van der Waals surface area contributed by atoms with Crippen LogP contribution in [-0.2, 0) is 13.6 Å². The minimum Gasteiger partial charge on any atom is -0.346 e. The third-order valence-electron chi connectivity index (χ3n) is 3.23. The molecule has 4 nitrogen and oxygen atoms in total. The van der Waals surface area contributed by atoms with Crippen molar-refractivity contribution in [3.05, 3.63) is 41.2 Å². The number of nitrogens with two attached hydrogens (primary N) is 1. The summed E-state index contributed by atoms with van der Waals surface area (Å²) in [6, 6.07) is 2.14. The van der Waals surface area contributed by atoms with Crippen LogP contribution >= 0.6 is 11.6 Å². The molecule has 0 saturated carbocycles. The number of imidazole rings is 1. The predicted molar refractivity (Wildman–Crippen MR) is 73.5 cm³/mol. The van der Waals surface area contributed by atoms with Gasteiger partial charge in [-0.3, -0.25) is 0 Å². The van der Waals surface area contributed by atoms with Crippen LogP contribution in [0.4, 0.5) is 0 Å². The Morgan fingerprint density at radius 2 is 2.17 bits per heavy atom. The second-order valence-corrected chi connectivity index (χ2v) is 5.33. The van der Waals surface area contributed by atoms with Crippen LogP contribution < -0.4 is 5.73 Å². The third kappa shape index (κ3) is 2.60. The largest absolute Gasteiger partial charge is 0.346 e. The minimum absolute atomic E-state index is 0.0798. The second-order valence-electron chi connectivity index (χ2n) is 4.94. The smallest absolute Gasteiger partial charge is 0.129 e. The summed E-state index contributed by atoms with van der Waals surface area (Å²) in [7, 11) is 1.91. The molecule has 0 aliphatic rings. The molecule has 1 unspecified atom stereocenters. The average molecular weight is 267 g/mol. The number of aromatic nitrogens is 3. The molecule has 0 spiro atoms. The summed E-state index contributed by atoms with van der Waals surface area (Å²) in [5.74, 6) is 1.36. The monoisotopic (exact) mass is 266 g/mol. The SMILES string of the molecule is CC(C)C(N)c1ccn(Cc2ncc(Cl)n2C)c1. The Morgan fingerprint density at radius 1 is 1.44 bits per heavy atom. The lowest BCUT2D eigenvalue weighted by Gasteiger charge is -2.13. The van der Waals surface area contributed by atoms with Crippen molar-refractivity contribution >= 4 is 11.6 Å². The van der Waals surface area contributed by atoms with Gasteiger partial charge in [-0.25, -0.2) is 4.98 Å². The summed E-state index contributed by atoms with van der Waals surface area (Å²) in [6.07, 6.45) is 5.77. The molecule has 5 heteroatoms. The van der Waals surface area contributed by atoms with Gasteiger partial charge in [0.15, 0.2) is 0 Å². The standard InChI is InChI=1S/C13H19ClN4/c1-9(2)13(15)10-4-5-18(7-10)8-12-16-6-11(14)17(12)3/h4-7,9,13H,8,15H2,1-3H3. The van der Waals surface area contributed by atoms with Crippen molar-refractivity contribution in [2.45, 2.75) is 26.4 Å². The fourth-order valence-corrected chi connectivity index (χ4v) is 2.02. The fraction of sp³-hybridized carbons (Fsp3) is 0.462. The molecule has 2 N–H and O–H groups in total. The Balaban J connectivity index is 2.14. The average Bonchev–Trinajstić information content (AvgIpc) is 2.90. The van der Waals surface area contributed by atoms with E-state index in [4.69, 9.17) is 17.3 Å². The van der Waals surface area contributed by atoms with Crippen molar-refractivity contribution in [2.75, 3.05) is 0 Å². The van der Waals surface area contributed by atoms with Gasteiger partial charge in [-0.1, -0.05) is 25.4 Å². The molecule has 2 heterocycles. The van der Waals surface area contributed by atoms with Gasteiger partial charge >= 0.3 is 0 Å². The van der Waals surface area contributed by atoms with E-state index in [9.17, 15) is 0 Å². The van der Waals surface area contributed by atoms with Crippen molar-refractivity contribution in [1.29, 1.82) is 0 Å². The lowest BCUT2D eigenvalue weighted by molar-refractivity contribution is 0.513. The highest BCUT2D eigenvalue weighted by Crippen LogP contribution is 2.19. The third-order valence-corrected chi connectivity index (χ3v) is 3.58. The van der Waals surface area contributed by atoms with Crippen molar-refractivity contribution in [2.24, 2.45) is 18.7 Å². The lowest BCUT2D eigenvalue weighted by Crippen LogP contribution is -2.16. The van der Waals surface area contributed by atoms with Gasteiger partial charge in [0, 0.05) is 25.5 Å². The Labute approximate surface area is 112 Å². The summed E-state index contributed by atoms with van der Waals surface area (Å²) >= 11 is 5.96. The van der Waals surface area contributed by atoms with E-state index in [0.717, 1.165) is 11.4 Å².